The maximum Gasteiger partial charge on any atom is 0.244 e. The number of carbonyl (C=O) groups excluding carboxylic acids is 2. The predicted octanol–water partition coefficient (Wildman–Crippen LogP) is 3.92. The van der Waals surface area contributed by atoms with Crippen LogP contribution in [0.2, 0.25) is 0 Å². The van der Waals surface area contributed by atoms with E-state index in [-0.39, 0.29) is 24.4 Å². The molecule has 9 heteroatoms. The number of ether oxygens (including phenoxy) is 1. The molecule has 0 aliphatic rings. The molecule has 2 aromatic rings. The highest BCUT2D eigenvalue weighted by Crippen LogP contribution is 2.23. The van der Waals surface area contributed by atoms with Gasteiger partial charge in [-0.1, -0.05) is 45.0 Å². The summed E-state index contributed by atoms with van der Waals surface area (Å²) in [4.78, 5) is 28.0. The second kappa shape index (κ2) is 12.8. The highest BCUT2D eigenvalue weighted by molar-refractivity contribution is 7.92. The van der Waals surface area contributed by atoms with Gasteiger partial charge in [0.15, 0.2) is 0 Å². The van der Waals surface area contributed by atoms with E-state index in [1.54, 1.807) is 44.4 Å². The molecule has 0 radical (unpaired) electrons. The van der Waals surface area contributed by atoms with Crippen molar-refractivity contribution in [3.63, 3.8) is 0 Å². The quantitative estimate of drug-likeness (QED) is 0.460. The molecule has 0 bridgehead atoms. The molecule has 0 saturated carbocycles. The lowest BCUT2D eigenvalue weighted by atomic mass is 10.0. The van der Waals surface area contributed by atoms with Gasteiger partial charge in [0.2, 0.25) is 21.8 Å². The summed E-state index contributed by atoms with van der Waals surface area (Å²) in [5.41, 5.74) is 2.22. The third-order valence-electron chi connectivity index (χ3n) is 6.18. The van der Waals surface area contributed by atoms with Crippen LogP contribution in [0.4, 0.5) is 5.69 Å². The number of anilines is 1. The van der Waals surface area contributed by atoms with Crippen LogP contribution in [0.25, 0.3) is 0 Å². The topological polar surface area (TPSA) is 96.0 Å². The number of methoxy groups -OCH3 is 1. The normalized spacial score (nSPS) is 13.1. The summed E-state index contributed by atoms with van der Waals surface area (Å²) in [6.07, 6.45) is 1.82. The maximum atomic E-state index is 13.6. The number of benzene rings is 2. The Morgan fingerprint density at radius 1 is 1.03 bits per heavy atom. The molecule has 2 atom stereocenters. The van der Waals surface area contributed by atoms with Gasteiger partial charge in [0.25, 0.3) is 0 Å². The number of nitrogens with zero attached hydrogens (tertiary/aromatic N) is 2. The van der Waals surface area contributed by atoms with Crippen molar-refractivity contribution >= 4 is 27.5 Å². The van der Waals surface area contributed by atoms with Crippen molar-refractivity contribution < 1.29 is 22.7 Å². The van der Waals surface area contributed by atoms with Gasteiger partial charge in [0, 0.05) is 12.6 Å². The number of amides is 2. The molecule has 8 nitrogen and oxygen atoms in total. The summed E-state index contributed by atoms with van der Waals surface area (Å²) in [5, 5.41) is 2.92. The molecule has 0 spiro atoms. The van der Waals surface area contributed by atoms with Crippen LogP contribution in [0.3, 0.4) is 0 Å². The Morgan fingerprint density at radius 2 is 1.67 bits per heavy atom. The van der Waals surface area contributed by atoms with Gasteiger partial charge in [0.1, 0.15) is 18.3 Å². The van der Waals surface area contributed by atoms with Gasteiger partial charge in [-0.25, -0.2) is 8.42 Å². The van der Waals surface area contributed by atoms with E-state index < -0.39 is 28.5 Å². The van der Waals surface area contributed by atoms with E-state index in [1.807, 2.05) is 32.0 Å². The first-order valence-electron chi connectivity index (χ1n) is 12.2. The molecule has 2 aromatic carbocycles. The van der Waals surface area contributed by atoms with Crippen LogP contribution >= 0.6 is 0 Å². The fraction of sp³-hybridized carbons (Fsp3) is 0.481. The van der Waals surface area contributed by atoms with Crippen LogP contribution in [0, 0.1) is 0 Å². The molecule has 0 fully saturated rings. The number of sulfonamides is 1. The fourth-order valence-corrected chi connectivity index (χ4v) is 4.50. The summed E-state index contributed by atoms with van der Waals surface area (Å²) in [7, 11) is -2.21. The molecule has 0 aliphatic carbocycles. The number of carbonyl (C=O) groups is 2. The molecule has 0 unspecified atom stereocenters. The average Bonchev–Trinajstić information content (AvgIpc) is 2.84. The Kier molecular flexibility index (Phi) is 10.3. The zero-order chi connectivity index (χ0) is 27.0. The smallest absolute Gasteiger partial charge is 0.244 e. The lowest BCUT2D eigenvalue weighted by Crippen LogP contribution is -2.52. The van der Waals surface area contributed by atoms with Gasteiger partial charge < -0.3 is 15.0 Å². The predicted molar refractivity (Wildman–Crippen MR) is 144 cm³/mol. The van der Waals surface area contributed by atoms with E-state index in [0.29, 0.717) is 11.4 Å². The molecule has 0 saturated heterocycles. The summed E-state index contributed by atoms with van der Waals surface area (Å²) < 4.78 is 31.8. The third-order valence-corrected chi connectivity index (χ3v) is 7.32. The fourth-order valence-electron chi connectivity index (χ4n) is 3.65. The zero-order valence-electron chi connectivity index (χ0n) is 22.3. The van der Waals surface area contributed by atoms with E-state index in [9.17, 15) is 18.0 Å². The van der Waals surface area contributed by atoms with Gasteiger partial charge in [-0.15, -0.1) is 0 Å². The molecular weight excluding hydrogens is 478 g/mol. The number of nitrogens with one attached hydrogen (secondary N) is 1. The van der Waals surface area contributed by atoms with Crippen LogP contribution in [-0.4, -0.2) is 57.1 Å². The second-order valence-corrected chi connectivity index (χ2v) is 11.3. The van der Waals surface area contributed by atoms with Crippen molar-refractivity contribution in [1.29, 1.82) is 0 Å². The number of hydrogen-bond acceptors (Lipinski definition) is 5. The van der Waals surface area contributed by atoms with E-state index in [0.717, 1.165) is 28.1 Å². The number of hydrogen-bond donors (Lipinski definition) is 1. The molecule has 2 rings (SSSR count). The largest absolute Gasteiger partial charge is 0.497 e. The van der Waals surface area contributed by atoms with Gasteiger partial charge in [-0.2, -0.15) is 0 Å². The highest BCUT2D eigenvalue weighted by atomic mass is 32.2. The van der Waals surface area contributed by atoms with Gasteiger partial charge in [0.05, 0.1) is 19.1 Å². The van der Waals surface area contributed by atoms with Crippen LogP contribution < -0.4 is 14.4 Å². The minimum absolute atomic E-state index is 0.0549. The molecule has 0 heterocycles. The van der Waals surface area contributed by atoms with Crippen molar-refractivity contribution in [2.45, 2.75) is 65.6 Å². The van der Waals surface area contributed by atoms with Crippen molar-refractivity contribution in [1.82, 2.24) is 10.2 Å². The molecule has 1 N–H and O–H groups in total. The molecule has 2 amide bonds. The molecule has 0 aromatic heterocycles. The van der Waals surface area contributed by atoms with E-state index in [1.165, 1.54) is 4.90 Å². The molecule has 0 aliphatic heterocycles. The van der Waals surface area contributed by atoms with Crippen LogP contribution in [0.15, 0.2) is 48.5 Å². The average molecular weight is 518 g/mol. The van der Waals surface area contributed by atoms with Gasteiger partial charge >= 0.3 is 0 Å². The summed E-state index contributed by atoms with van der Waals surface area (Å²) in [5.74, 6) is 0.131. The van der Waals surface area contributed by atoms with E-state index >= 15 is 0 Å². The minimum atomic E-state index is -3.77. The SMILES string of the molecule is CC[C@H](C)NC(=O)[C@H](C)N(Cc1cccc(OC)c1)C(=O)CN(c1ccc(C(C)C)cc1)S(C)(=O)=O. The summed E-state index contributed by atoms with van der Waals surface area (Å²) >= 11 is 0. The second-order valence-electron chi connectivity index (χ2n) is 9.38. The Balaban J connectivity index is 2.40. The third kappa shape index (κ3) is 7.98. The Hall–Kier alpha value is -3.07. The van der Waals surface area contributed by atoms with Crippen molar-refractivity contribution in [2.24, 2.45) is 0 Å². The Labute approximate surface area is 215 Å². The number of rotatable bonds is 12. The van der Waals surface area contributed by atoms with Crippen LogP contribution in [-0.2, 0) is 26.2 Å². The Bertz CT molecular complexity index is 1130. The minimum Gasteiger partial charge on any atom is -0.497 e. The molecule has 36 heavy (non-hydrogen) atoms. The monoisotopic (exact) mass is 517 g/mol. The lowest BCUT2D eigenvalue weighted by molar-refractivity contribution is -0.139. The standard InChI is InChI=1S/C27H39N3O5S/c1-8-20(4)28-27(32)21(5)29(17-22-10-9-11-25(16-22)35-6)26(31)18-30(36(7,33)34)24-14-12-23(13-15-24)19(2)3/h9-16,19-21H,8,17-18H2,1-7H3,(H,28,32)/t20-,21-/m0/s1. The summed E-state index contributed by atoms with van der Waals surface area (Å²) in [6.45, 7) is 9.30. The van der Waals surface area contributed by atoms with Crippen LogP contribution in [0.1, 0.15) is 58.1 Å². The van der Waals surface area contributed by atoms with E-state index in [4.69, 9.17) is 4.74 Å². The lowest BCUT2D eigenvalue weighted by Gasteiger charge is -2.32. The molecular formula is C27H39N3O5S. The summed E-state index contributed by atoms with van der Waals surface area (Å²) in [6, 6.07) is 13.5. The van der Waals surface area contributed by atoms with Crippen molar-refractivity contribution in [3.05, 3.63) is 59.7 Å². The van der Waals surface area contributed by atoms with E-state index in [2.05, 4.69) is 19.2 Å². The maximum absolute atomic E-state index is 13.6. The van der Waals surface area contributed by atoms with Crippen LogP contribution in [0.5, 0.6) is 5.75 Å². The zero-order valence-corrected chi connectivity index (χ0v) is 23.1. The Morgan fingerprint density at radius 3 is 2.19 bits per heavy atom. The van der Waals surface area contributed by atoms with Gasteiger partial charge in [-0.05, 0) is 61.6 Å². The molecule has 198 valence electrons. The first kappa shape index (κ1) is 29.2. The van der Waals surface area contributed by atoms with Gasteiger partial charge in [-0.3, -0.25) is 13.9 Å². The highest BCUT2D eigenvalue weighted by Gasteiger charge is 2.30. The first-order valence-corrected chi connectivity index (χ1v) is 14.0. The first-order chi connectivity index (χ1) is 16.9. The van der Waals surface area contributed by atoms with Crippen molar-refractivity contribution in [3.8, 4) is 5.75 Å². The van der Waals surface area contributed by atoms with Crippen molar-refractivity contribution in [2.75, 3.05) is 24.2 Å².